The van der Waals surface area contributed by atoms with Gasteiger partial charge in [0.25, 0.3) is 5.91 Å². The monoisotopic (exact) mass is 274 g/mol. The van der Waals surface area contributed by atoms with Crippen molar-refractivity contribution in [2.75, 3.05) is 5.32 Å². The van der Waals surface area contributed by atoms with Gasteiger partial charge in [-0.25, -0.2) is 14.2 Å². The molecule has 0 radical (unpaired) electrons. The van der Waals surface area contributed by atoms with Crippen molar-refractivity contribution in [3.63, 3.8) is 0 Å². The molecule has 1 aromatic heterocycles. The number of hydrogen-bond acceptors (Lipinski definition) is 3. The number of anilines is 1. The normalized spacial score (nSPS) is 10.1. The van der Waals surface area contributed by atoms with Crippen molar-refractivity contribution >= 4 is 17.6 Å². The fourth-order valence-electron chi connectivity index (χ4n) is 1.71. The average Bonchev–Trinajstić information content (AvgIpc) is 2.41. The largest absolute Gasteiger partial charge is 0.476 e. The van der Waals surface area contributed by atoms with Crippen molar-refractivity contribution in [2.24, 2.45) is 0 Å². The fraction of sp³-hybridized carbons (Fsp3) is 0.0714. The predicted octanol–water partition coefficient (Wildman–Crippen LogP) is 2.48. The number of amides is 1. The molecule has 1 amide bonds. The van der Waals surface area contributed by atoms with Gasteiger partial charge in [-0.1, -0.05) is 6.07 Å². The summed E-state index contributed by atoms with van der Waals surface area (Å²) in [5.41, 5.74) is 0.526. The number of aryl methyl sites for hydroxylation is 1. The van der Waals surface area contributed by atoms with Crippen LogP contribution in [0.3, 0.4) is 0 Å². The number of pyridine rings is 1. The lowest BCUT2D eigenvalue weighted by Crippen LogP contribution is -2.16. The zero-order valence-electron chi connectivity index (χ0n) is 10.6. The van der Waals surface area contributed by atoms with E-state index in [0.717, 1.165) is 6.07 Å². The lowest BCUT2D eigenvalue weighted by molar-refractivity contribution is 0.0691. The molecule has 0 bridgehead atoms. The molecule has 1 aromatic carbocycles. The summed E-state index contributed by atoms with van der Waals surface area (Å²) in [4.78, 5) is 26.7. The van der Waals surface area contributed by atoms with Gasteiger partial charge in [-0.2, -0.15) is 0 Å². The Hall–Kier alpha value is -2.76. The molecule has 1 heterocycles. The Morgan fingerprint density at radius 3 is 2.75 bits per heavy atom. The molecule has 0 spiro atoms. The van der Waals surface area contributed by atoms with Crippen LogP contribution >= 0.6 is 0 Å². The summed E-state index contributed by atoms with van der Waals surface area (Å²) in [6.07, 6.45) is 1.31. The van der Waals surface area contributed by atoms with E-state index >= 15 is 0 Å². The average molecular weight is 274 g/mol. The van der Waals surface area contributed by atoms with E-state index in [9.17, 15) is 14.0 Å². The van der Waals surface area contributed by atoms with Crippen molar-refractivity contribution in [3.8, 4) is 0 Å². The zero-order chi connectivity index (χ0) is 14.7. The van der Waals surface area contributed by atoms with Crippen LogP contribution in [0.1, 0.15) is 26.4 Å². The molecule has 6 heteroatoms. The third kappa shape index (κ3) is 2.80. The molecule has 20 heavy (non-hydrogen) atoms. The lowest BCUT2D eigenvalue weighted by Gasteiger charge is -2.09. The Balaban J connectivity index is 2.33. The second-order valence-corrected chi connectivity index (χ2v) is 4.12. The van der Waals surface area contributed by atoms with Gasteiger partial charge in [0.15, 0.2) is 5.69 Å². The van der Waals surface area contributed by atoms with Crippen molar-refractivity contribution in [1.82, 2.24) is 4.98 Å². The van der Waals surface area contributed by atoms with Gasteiger partial charge in [-0.15, -0.1) is 0 Å². The van der Waals surface area contributed by atoms with Crippen LogP contribution < -0.4 is 5.32 Å². The van der Waals surface area contributed by atoms with E-state index in [2.05, 4.69) is 10.3 Å². The molecule has 0 aliphatic heterocycles. The van der Waals surface area contributed by atoms with Gasteiger partial charge in [0.05, 0.1) is 5.69 Å². The minimum absolute atomic E-state index is 0.0636. The number of nitrogens with one attached hydrogen (secondary N) is 1. The highest BCUT2D eigenvalue weighted by molar-refractivity contribution is 6.07. The van der Waals surface area contributed by atoms with Crippen molar-refractivity contribution in [3.05, 3.63) is 59.2 Å². The number of hydrogen-bond donors (Lipinski definition) is 2. The molecule has 0 aliphatic rings. The van der Waals surface area contributed by atoms with Crippen LogP contribution in [0, 0.1) is 12.7 Å². The van der Waals surface area contributed by atoms with Crippen LogP contribution in [0.2, 0.25) is 0 Å². The standard InChI is InChI=1S/C14H11FN2O3/c1-8-4-5-9(15)7-10(8)13(18)17-11-3-2-6-16-12(11)14(19)20/h2-7H,1H3,(H,17,18)(H,19,20). The number of carboxylic acids is 1. The highest BCUT2D eigenvalue weighted by Crippen LogP contribution is 2.16. The predicted molar refractivity (Wildman–Crippen MR) is 70.3 cm³/mol. The minimum atomic E-state index is -1.25. The highest BCUT2D eigenvalue weighted by atomic mass is 19.1. The van der Waals surface area contributed by atoms with Gasteiger partial charge in [-0.3, -0.25) is 4.79 Å². The molecule has 5 nitrogen and oxygen atoms in total. The van der Waals surface area contributed by atoms with Crippen LogP contribution in [0.4, 0.5) is 10.1 Å². The molecule has 0 aliphatic carbocycles. The van der Waals surface area contributed by atoms with Crippen LogP contribution in [0.25, 0.3) is 0 Å². The first-order valence-electron chi connectivity index (χ1n) is 5.75. The molecular weight excluding hydrogens is 263 g/mol. The summed E-state index contributed by atoms with van der Waals surface area (Å²) in [7, 11) is 0. The second kappa shape index (κ2) is 5.48. The Bertz CT molecular complexity index is 686. The van der Waals surface area contributed by atoms with Gasteiger partial charge < -0.3 is 10.4 Å². The second-order valence-electron chi connectivity index (χ2n) is 4.12. The van der Waals surface area contributed by atoms with Gasteiger partial charge >= 0.3 is 5.97 Å². The molecule has 0 saturated carbocycles. The maximum absolute atomic E-state index is 13.2. The van der Waals surface area contributed by atoms with E-state index in [-0.39, 0.29) is 16.9 Å². The fourth-order valence-corrected chi connectivity index (χ4v) is 1.71. The van der Waals surface area contributed by atoms with Crippen LogP contribution in [-0.2, 0) is 0 Å². The Labute approximate surface area is 114 Å². The summed E-state index contributed by atoms with van der Waals surface area (Å²) in [5.74, 6) is -2.38. The van der Waals surface area contributed by atoms with Crippen molar-refractivity contribution < 1.29 is 19.1 Å². The molecule has 2 rings (SSSR count). The van der Waals surface area contributed by atoms with Gasteiger partial charge in [0.1, 0.15) is 5.82 Å². The first-order valence-corrected chi connectivity index (χ1v) is 5.75. The van der Waals surface area contributed by atoms with E-state index in [0.29, 0.717) is 5.56 Å². The summed E-state index contributed by atoms with van der Waals surface area (Å²) in [6.45, 7) is 1.66. The van der Waals surface area contributed by atoms with E-state index in [1.54, 1.807) is 6.92 Å². The van der Waals surface area contributed by atoms with Crippen LogP contribution in [0.5, 0.6) is 0 Å². The number of carbonyl (C=O) groups excluding carboxylic acids is 1. The quantitative estimate of drug-likeness (QED) is 0.901. The van der Waals surface area contributed by atoms with Crippen LogP contribution in [-0.4, -0.2) is 22.0 Å². The maximum Gasteiger partial charge on any atom is 0.356 e. The first kappa shape index (κ1) is 13.7. The number of aromatic nitrogens is 1. The first-order chi connectivity index (χ1) is 9.49. The Kier molecular flexibility index (Phi) is 3.74. The van der Waals surface area contributed by atoms with Crippen molar-refractivity contribution in [1.29, 1.82) is 0 Å². The molecule has 0 saturated heterocycles. The number of rotatable bonds is 3. The highest BCUT2D eigenvalue weighted by Gasteiger charge is 2.16. The third-order valence-electron chi connectivity index (χ3n) is 2.70. The van der Waals surface area contributed by atoms with Gasteiger partial charge in [0.2, 0.25) is 0 Å². The molecule has 2 aromatic rings. The summed E-state index contributed by atoms with van der Waals surface area (Å²) < 4.78 is 13.2. The smallest absolute Gasteiger partial charge is 0.356 e. The molecule has 102 valence electrons. The molecule has 0 unspecified atom stereocenters. The van der Waals surface area contributed by atoms with Gasteiger partial charge in [-0.05, 0) is 36.8 Å². The maximum atomic E-state index is 13.2. The Morgan fingerprint density at radius 2 is 2.05 bits per heavy atom. The lowest BCUT2D eigenvalue weighted by atomic mass is 10.1. The third-order valence-corrected chi connectivity index (χ3v) is 2.70. The topological polar surface area (TPSA) is 79.3 Å². The molecule has 0 atom stereocenters. The zero-order valence-corrected chi connectivity index (χ0v) is 10.6. The van der Waals surface area contributed by atoms with E-state index in [1.807, 2.05) is 0 Å². The molecular formula is C14H11FN2O3. The number of halogens is 1. The van der Waals surface area contributed by atoms with E-state index < -0.39 is 17.7 Å². The molecule has 2 N–H and O–H groups in total. The number of nitrogens with zero attached hydrogens (tertiary/aromatic N) is 1. The number of carbonyl (C=O) groups is 2. The summed E-state index contributed by atoms with van der Waals surface area (Å²) in [6, 6.07) is 6.75. The minimum Gasteiger partial charge on any atom is -0.476 e. The number of benzene rings is 1. The van der Waals surface area contributed by atoms with Crippen LogP contribution in [0.15, 0.2) is 36.5 Å². The van der Waals surface area contributed by atoms with Gasteiger partial charge in [0, 0.05) is 11.8 Å². The summed E-state index contributed by atoms with van der Waals surface area (Å²) in [5, 5.41) is 11.4. The SMILES string of the molecule is Cc1ccc(F)cc1C(=O)Nc1cccnc1C(=O)O. The Morgan fingerprint density at radius 1 is 1.30 bits per heavy atom. The van der Waals surface area contributed by atoms with E-state index in [1.165, 1.54) is 30.5 Å². The summed E-state index contributed by atoms with van der Waals surface area (Å²) >= 11 is 0. The molecule has 0 fully saturated rings. The number of carboxylic acid groups (broad SMARTS) is 1. The van der Waals surface area contributed by atoms with Crippen molar-refractivity contribution in [2.45, 2.75) is 6.92 Å². The van der Waals surface area contributed by atoms with E-state index in [4.69, 9.17) is 5.11 Å². The number of aromatic carboxylic acids is 1.